The summed E-state index contributed by atoms with van der Waals surface area (Å²) in [4.78, 5) is 38.2. The molecule has 0 aliphatic carbocycles. The zero-order chi connectivity index (χ0) is 24.4. The number of nitrogens with one attached hydrogen (secondary N) is 1. The van der Waals surface area contributed by atoms with Crippen LogP contribution in [0.4, 0.5) is 0 Å². The first-order valence-electron chi connectivity index (χ1n) is 9.51. The van der Waals surface area contributed by atoms with E-state index in [1.807, 2.05) is 35.3 Å². The van der Waals surface area contributed by atoms with Crippen LogP contribution in [0.1, 0.15) is 11.3 Å². The molecule has 9 nitrogen and oxygen atoms in total. The molecule has 0 saturated heterocycles. The third-order valence-corrected chi connectivity index (χ3v) is 5.43. The van der Waals surface area contributed by atoms with Gasteiger partial charge in [0.15, 0.2) is 5.75 Å². The van der Waals surface area contributed by atoms with Crippen LogP contribution in [0.25, 0.3) is 5.69 Å². The minimum Gasteiger partial charge on any atom is -0.453 e. The summed E-state index contributed by atoms with van der Waals surface area (Å²) in [5.41, 5.74) is -1.74. The Kier molecular flexibility index (Phi) is 6.56. The highest BCUT2D eigenvalue weighted by Gasteiger charge is 2.16. The molecule has 0 amide bonds. The number of benzene rings is 2. The van der Waals surface area contributed by atoms with Gasteiger partial charge in [0.25, 0.3) is 11.1 Å². The zero-order valence-electron chi connectivity index (χ0n) is 17.0. The number of nitriles is 1. The number of ether oxygens (including phenoxy) is 1. The maximum absolute atomic E-state index is 12.5. The van der Waals surface area contributed by atoms with Crippen molar-refractivity contribution in [3.8, 4) is 23.3 Å². The van der Waals surface area contributed by atoms with Gasteiger partial charge >= 0.3 is 5.69 Å². The monoisotopic (exact) mass is 515 g/mol. The summed E-state index contributed by atoms with van der Waals surface area (Å²) in [5.74, 6) is 0.231. The second-order valence-corrected chi connectivity index (χ2v) is 8.14. The van der Waals surface area contributed by atoms with Gasteiger partial charge in [0, 0.05) is 6.07 Å². The lowest BCUT2D eigenvalue weighted by Crippen LogP contribution is -2.33. The highest BCUT2D eigenvalue weighted by Crippen LogP contribution is 2.38. The molecule has 0 aliphatic rings. The van der Waals surface area contributed by atoms with E-state index >= 15 is 0 Å². The van der Waals surface area contributed by atoms with Crippen molar-refractivity contribution < 1.29 is 4.74 Å². The zero-order valence-corrected chi connectivity index (χ0v) is 19.2. The standard InChI is InChI=1S/C22H12Cl3N5O4/c23-15-6-13(30-22(33)27-20(31)18(9-26)28-30)7-16(24)19(15)34-14-8-17(25)21(32)29(11-14)10-12-4-2-1-3-5-12/h1-8,11H,10H2,(H,27,31,33). The molecule has 0 radical (unpaired) electrons. The first-order chi connectivity index (χ1) is 16.3. The largest absolute Gasteiger partial charge is 0.453 e. The lowest BCUT2D eigenvalue weighted by atomic mass is 10.2. The Balaban J connectivity index is 1.71. The van der Waals surface area contributed by atoms with Crippen molar-refractivity contribution in [2.75, 3.05) is 0 Å². The molecule has 12 heteroatoms. The second-order valence-electron chi connectivity index (χ2n) is 6.91. The third-order valence-electron chi connectivity index (χ3n) is 4.59. The van der Waals surface area contributed by atoms with Crippen molar-refractivity contribution in [2.45, 2.75) is 6.54 Å². The van der Waals surface area contributed by atoms with Crippen LogP contribution < -0.4 is 21.5 Å². The topological polar surface area (TPSA) is 123 Å². The highest BCUT2D eigenvalue weighted by atomic mass is 35.5. The van der Waals surface area contributed by atoms with Gasteiger partial charge < -0.3 is 9.30 Å². The maximum atomic E-state index is 12.5. The van der Waals surface area contributed by atoms with E-state index in [0.717, 1.165) is 10.2 Å². The Morgan fingerprint density at radius 1 is 1.00 bits per heavy atom. The van der Waals surface area contributed by atoms with E-state index < -0.39 is 22.5 Å². The number of rotatable bonds is 5. The number of halogens is 3. The molecule has 0 atom stereocenters. The van der Waals surface area contributed by atoms with Crippen LogP contribution in [-0.4, -0.2) is 19.3 Å². The molecule has 34 heavy (non-hydrogen) atoms. The highest BCUT2D eigenvalue weighted by molar-refractivity contribution is 6.37. The number of aromatic nitrogens is 4. The van der Waals surface area contributed by atoms with Crippen LogP contribution in [0.5, 0.6) is 11.5 Å². The van der Waals surface area contributed by atoms with Gasteiger partial charge in [-0.05, 0) is 17.7 Å². The average molecular weight is 517 g/mol. The number of hydrogen-bond acceptors (Lipinski definition) is 6. The van der Waals surface area contributed by atoms with Crippen LogP contribution >= 0.6 is 34.8 Å². The summed E-state index contributed by atoms with van der Waals surface area (Å²) in [6.07, 6.45) is 1.47. The summed E-state index contributed by atoms with van der Waals surface area (Å²) in [7, 11) is 0. The Bertz CT molecular complexity index is 1600. The molecule has 0 spiro atoms. The number of nitrogens with zero attached hydrogens (tertiary/aromatic N) is 4. The molecule has 2 heterocycles. The Hall–Kier alpha value is -3.84. The van der Waals surface area contributed by atoms with Crippen molar-refractivity contribution in [1.82, 2.24) is 19.3 Å². The van der Waals surface area contributed by atoms with Gasteiger partial charge in [-0.3, -0.25) is 14.6 Å². The molecule has 0 bridgehead atoms. The molecule has 2 aromatic carbocycles. The van der Waals surface area contributed by atoms with E-state index in [0.29, 0.717) is 0 Å². The van der Waals surface area contributed by atoms with E-state index in [-0.39, 0.29) is 38.8 Å². The molecule has 0 unspecified atom stereocenters. The van der Waals surface area contributed by atoms with Crippen molar-refractivity contribution in [3.63, 3.8) is 0 Å². The molecule has 170 valence electrons. The Morgan fingerprint density at radius 2 is 1.68 bits per heavy atom. The van der Waals surface area contributed by atoms with Crippen molar-refractivity contribution in [1.29, 1.82) is 5.26 Å². The van der Waals surface area contributed by atoms with E-state index in [1.54, 1.807) is 6.07 Å². The number of hydrogen-bond donors (Lipinski definition) is 1. The van der Waals surface area contributed by atoms with Crippen LogP contribution in [0.15, 0.2) is 69.1 Å². The predicted octanol–water partition coefficient (Wildman–Crippen LogP) is 3.75. The molecule has 4 rings (SSSR count). The summed E-state index contributed by atoms with van der Waals surface area (Å²) < 4.78 is 7.97. The second kappa shape index (κ2) is 9.57. The van der Waals surface area contributed by atoms with Crippen LogP contribution in [0.2, 0.25) is 15.1 Å². The predicted molar refractivity (Wildman–Crippen MR) is 127 cm³/mol. The van der Waals surface area contributed by atoms with E-state index in [9.17, 15) is 14.4 Å². The minimum absolute atomic E-state index is 0.00200. The molecule has 4 aromatic rings. The van der Waals surface area contributed by atoms with Crippen LogP contribution in [0.3, 0.4) is 0 Å². The van der Waals surface area contributed by atoms with Crippen molar-refractivity contribution in [3.05, 3.63) is 112 Å². The van der Waals surface area contributed by atoms with Crippen LogP contribution in [-0.2, 0) is 6.54 Å². The number of pyridine rings is 1. The average Bonchev–Trinajstić information content (AvgIpc) is 2.80. The van der Waals surface area contributed by atoms with Crippen molar-refractivity contribution in [2.24, 2.45) is 0 Å². The Morgan fingerprint density at radius 3 is 2.32 bits per heavy atom. The summed E-state index contributed by atoms with van der Waals surface area (Å²) >= 11 is 18.8. The third kappa shape index (κ3) is 4.75. The molecular weight excluding hydrogens is 505 g/mol. The number of aromatic amines is 1. The van der Waals surface area contributed by atoms with E-state index in [1.165, 1.54) is 29.0 Å². The summed E-state index contributed by atoms with van der Waals surface area (Å²) in [6.45, 7) is 0.263. The fraction of sp³-hybridized carbons (Fsp3) is 0.0455. The molecule has 0 saturated carbocycles. The van der Waals surface area contributed by atoms with Gasteiger partial charge in [-0.2, -0.15) is 9.94 Å². The van der Waals surface area contributed by atoms with Crippen LogP contribution in [0, 0.1) is 11.3 Å². The minimum atomic E-state index is -0.914. The lowest BCUT2D eigenvalue weighted by molar-refractivity contribution is 0.474. The molecular formula is C22H12Cl3N5O4. The molecule has 0 fully saturated rings. The van der Waals surface area contributed by atoms with Crippen molar-refractivity contribution >= 4 is 34.8 Å². The normalized spacial score (nSPS) is 10.6. The first kappa shape index (κ1) is 23.3. The summed E-state index contributed by atoms with van der Waals surface area (Å²) in [6, 6.07) is 14.9. The molecule has 0 aliphatic heterocycles. The fourth-order valence-corrected chi connectivity index (χ4v) is 3.83. The Labute approximate surface area is 206 Å². The fourth-order valence-electron chi connectivity index (χ4n) is 3.06. The van der Waals surface area contributed by atoms with Gasteiger partial charge in [0.1, 0.15) is 16.8 Å². The van der Waals surface area contributed by atoms with Gasteiger partial charge in [0.05, 0.1) is 28.5 Å². The van der Waals surface area contributed by atoms with Gasteiger partial charge in [-0.25, -0.2) is 4.79 Å². The maximum Gasteiger partial charge on any atom is 0.349 e. The van der Waals surface area contributed by atoms with Gasteiger partial charge in [0.2, 0.25) is 5.69 Å². The lowest BCUT2D eigenvalue weighted by Gasteiger charge is -2.14. The quantitative estimate of drug-likeness (QED) is 0.431. The molecule has 1 N–H and O–H groups in total. The molecule has 2 aromatic heterocycles. The SMILES string of the molecule is N#Cc1nn(-c2cc(Cl)c(Oc3cc(Cl)c(=O)n(Cc4ccccc4)c3)c(Cl)c2)c(=O)[nH]c1=O. The smallest absolute Gasteiger partial charge is 0.349 e. The van der Waals surface area contributed by atoms with E-state index in [2.05, 4.69) is 5.10 Å². The number of H-pyrrole nitrogens is 1. The van der Waals surface area contributed by atoms with Gasteiger partial charge in [-0.15, -0.1) is 5.10 Å². The van der Waals surface area contributed by atoms with Gasteiger partial charge in [-0.1, -0.05) is 65.1 Å². The first-order valence-corrected chi connectivity index (χ1v) is 10.6. The summed E-state index contributed by atoms with van der Waals surface area (Å²) in [5, 5.41) is 12.6. The van der Waals surface area contributed by atoms with E-state index in [4.69, 9.17) is 44.8 Å².